The minimum atomic E-state index is -4.68. The van der Waals surface area contributed by atoms with Gasteiger partial charge in [0.2, 0.25) is 0 Å². The summed E-state index contributed by atoms with van der Waals surface area (Å²) in [7, 11) is -9.09. The Morgan fingerprint density at radius 3 is 1.31 bits per heavy atom. The molecule has 0 aliphatic carbocycles. The van der Waals surface area contributed by atoms with Crippen molar-refractivity contribution in [2.24, 2.45) is 0 Å². The normalized spacial score (nSPS) is 11.3. The van der Waals surface area contributed by atoms with E-state index in [2.05, 4.69) is 13.8 Å². The Balaban J connectivity index is 0.000000413. The third-order valence-corrected chi connectivity index (χ3v) is 12.0. The van der Waals surface area contributed by atoms with Crippen molar-refractivity contribution < 1.29 is 45.6 Å². The Morgan fingerprint density at radius 2 is 0.902 bits per heavy atom. The average molecular weight is 907 g/mol. The molecule has 2 N–H and O–H groups in total. The van der Waals surface area contributed by atoms with Crippen LogP contribution in [0.25, 0.3) is 0 Å². The summed E-state index contributed by atoms with van der Waals surface area (Å²) in [6.07, 6.45) is 26.6. The van der Waals surface area contributed by atoms with E-state index in [0.717, 1.165) is 49.7 Å². The van der Waals surface area contributed by atoms with E-state index >= 15 is 0 Å². The Morgan fingerprint density at radius 1 is 0.508 bits per heavy atom. The maximum atomic E-state index is 11.7. The van der Waals surface area contributed by atoms with Crippen LogP contribution < -0.4 is 14.6 Å². The van der Waals surface area contributed by atoms with Gasteiger partial charge in [0.15, 0.2) is 0 Å². The second-order valence-electron chi connectivity index (χ2n) is 15.5. The van der Waals surface area contributed by atoms with Crippen LogP contribution in [0.4, 0.5) is 0 Å². The van der Waals surface area contributed by atoms with Gasteiger partial charge in [-0.15, -0.1) is 5.75 Å². The molecular formula is C48H66CaO10S2. The van der Waals surface area contributed by atoms with Gasteiger partial charge < -0.3 is 24.2 Å². The number of ether oxygens (including phenoxy) is 2. The van der Waals surface area contributed by atoms with Gasteiger partial charge in [0, 0.05) is 6.07 Å². The van der Waals surface area contributed by atoms with Crippen LogP contribution in [0.15, 0.2) is 94.7 Å². The zero-order chi connectivity index (χ0) is 43.6. The summed E-state index contributed by atoms with van der Waals surface area (Å²) < 4.78 is 78.8. The fourth-order valence-corrected chi connectivity index (χ4v) is 8.14. The predicted molar refractivity (Wildman–Crippen MR) is 242 cm³/mol. The van der Waals surface area contributed by atoms with Crippen LogP contribution in [0.3, 0.4) is 0 Å². The molecule has 0 saturated carbocycles. The molecule has 0 aliphatic rings. The Bertz CT molecular complexity index is 1910. The van der Waals surface area contributed by atoms with E-state index in [0.29, 0.717) is 5.75 Å². The molecule has 4 aromatic rings. The number of phenols is 1. The Labute approximate surface area is 396 Å². The molecule has 61 heavy (non-hydrogen) atoms. The van der Waals surface area contributed by atoms with E-state index in [9.17, 15) is 36.2 Å². The van der Waals surface area contributed by atoms with Gasteiger partial charge in [-0.3, -0.25) is 4.55 Å². The second-order valence-corrected chi connectivity index (χ2v) is 18.3. The van der Waals surface area contributed by atoms with Crippen LogP contribution in [0, 0.1) is 0 Å². The molecule has 0 unspecified atom stereocenters. The first kappa shape index (κ1) is 54.3. The van der Waals surface area contributed by atoms with Gasteiger partial charge in [0.1, 0.15) is 43.8 Å². The summed E-state index contributed by atoms with van der Waals surface area (Å²) in [6.45, 7) is 4.46. The molecule has 0 bridgehead atoms. The van der Waals surface area contributed by atoms with E-state index < -0.39 is 25.1 Å². The molecule has 0 fully saturated rings. The zero-order valence-corrected chi connectivity index (χ0v) is 40.2. The number of phenolic OH excluding ortho intramolecular Hbond substituents is 1. The minimum Gasteiger partial charge on any atom is -0.872 e. The maximum absolute atomic E-state index is 11.7. The molecule has 4 aromatic carbocycles. The monoisotopic (exact) mass is 906 g/mol. The Kier molecular flexibility index (Phi) is 27.0. The van der Waals surface area contributed by atoms with Crippen molar-refractivity contribution in [1.29, 1.82) is 0 Å². The number of aryl methyl sites for hydroxylation is 2. The van der Waals surface area contributed by atoms with Gasteiger partial charge in [0.05, 0.1) is 4.90 Å². The predicted octanol–water partition coefficient (Wildman–Crippen LogP) is 12.4. The smallest absolute Gasteiger partial charge is 0.872 e. The number of aromatic hydroxyl groups is 1. The number of unbranched alkanes of at least 4 members (excludes halogenated alkanes) is 18. The number of benzene rings is 4. The van der Waals surface area contributed by atoms with E-state index in [4.69, 9.17) is 9.47 Å². The van der Waals surface area contributed by atoms with Gasteiger partial charge in [-0.1, -0.05) is 160 Å². The topological polar surface area (TPSA) is 173 Å². The third-order valence-electron chi connectivity index (χ3n) is 10.3. The van der Waals surface area contributed by atoms with E-state index in [1.807, 2.05) is 0 Å². The summed E-state index contributed by atoms with van der Waals surface area (Å²) in [6, 6.07) is 21.1. The van der Waals surface area contributed by atoms with E-state index in [1.54, 1.807) is 42.5 Å². The molecule has 4 rings (SSSR count). The molecule has 0 aliphatic heterocycles. The quantitative estimate of drug-likeness (QED) is 0.0317. The first-order valence-corrected chi connectivity index (χ1v) is 24.8. The summed E-state index contributed by atoms with van der Waals surface area (Å²) in [5.74, 6) is 0.315. The number of hydrogen-bond acceptors (Lipinski definition) is 9. The molecule has 332 valence electrons. The molecule has 0 amide bonds. The van der Waals surface area contributed by atoms with Crippen molar-refractivity contribution in [2.75, 3.05) is 0 Å². The minimum absolute atomic E-state index is 0. The zero-order valence-electron chi connectivity index (χ0n) is 36.3. The molecule has 0 radical (unpaired) electrons. The van der Waals surface area contributed by atoms with Crippen LogP contribution in [-0.2, 0) is 33.1 Å². The van der Waals surface area contributed by atoms with Crippen LogP contribution in [0.5, 0.6) is 34.5 Å². The molecule has 0 heterocycles. The molecule has 0 saturated heterocycles. The van der Waals surface area contributed by atoms with Crippen molar-refractivity contribution in [2.45, 2.75) is 165 Å². The van der Waals surface area contributed by atoms with Gasteiger partial charge >= 0.3 is 37.7 Å². The molecule has 10 nitrogen and oxygen atoms in total. The fourth-order valence-electron chi connectivity index (χ4n) is 6.97. The van der Waals surface area contributed by atoms with E-state index in [1.165, 1.54) is 145 Å². The first-order valence-electron chi connectivity index (χ1n) is 21.9. The maximum Gasteiger partial charge on any atom is 2.00 e. The van der Waals surface area contributed by atoms with Crippen molar-refractivity contribution in [3.05, 3.63) is 96.1 Å². The average Bonchev–Trinajstić information content (AvgIpc) is 3.19. The molecular weight excluding hydrogens is 841 g/mol. The van der Waals surface area contributed by atoms with Crippen LogP contribution in [-0.4, -0.2) is 68.8 Å². The van der Waals surface area contributed by atoms with Crippen molar-refractivity contribution in [3.63, 3.8) is 0 Å². The second kappa shape index (κ2) is 30.3. The largest absolute Gasteiger partial charge is 2.00 e. The van der Waals surface area contributed by atoms with Crippen molar-refractivity contribution in [3.8, 4) is 34.5 Å². The standard InChI is InChI=1S/2C24H34O5S.Ca/c2*1-2-3-4-5-6-7-8-9-10-11-13-20-16-17-24(30(26,27)28)23(18-20)29-22-15-12-14-21(25)19-22;/h2*12,14-19,25H,2-11,13H2,1H3,(H,26,27,28);/q;;+2/p-2. The van der Waals surface area contributed by atoms with Gasteiger partial charge in [-0.25, -0.2) is 8.42 Å². The summed E-state index contributed by atoms with van der Waals surface area (Å²) in [5.41, 5.74) is 1.87. The third kappa shape index (κ3) is 22.9. The first-order chi connectivity index (χ1) is 28.8. The molecule has 0 spiro atoms. The Hall–Kier alpha value is -2.84. The number of rotatable bonds is 28. The van der Waals surface area contributed by atoms with Crippen LogP contribution in [0.2, 0.25) is 0 Å². The summed E-state index contributed by atoms with van der Waals surface area (Å²) >= 11 is 0. The van der Waals surface area contributed by atoms with Gasteiger partial charge in [-0.2, -0.15) is 8.42 Å². The van der Waals surface area contributed by atoms with Gasteiger partial charge in [0.25, 0.3) is 10.1 Å². The SMILES string of the molecule is CCCCCCCCCCCCc1ccc(S(=O)(=O)O)c(Oc2cccc(O)c2)c1.CCCCCCCCCCCCc1ccc(S(=O)(=O)[O-])c(Oc2cccc([O-])c2)c1.[Ca+2]. The van der Waals surface area contributed by atoms with Crippen molar-refractivity contribution in [1.82, 2.24) is 0 Å². The molecule has 0 aromatic heterocycles. The van der Waals surface area contributed by atoms with E-state index in [-0.39, 0.29) is 71.4 Å². The fraction of sp³-hybridized carbons (Fsp3) is 0.500. The van der Waals surface area contributed by atoms with Gasteiger partial charge in [-0.05, 0) is 85.3 Å². The summed E-state index contributed by atoms with van der Waals surface area (Å²) in [5, 5.41) is 21.1. The summed E-state index contributed by atoms with van der Waals surface area (Å²) in [4.78, 5) is -0.691. The van der Waals surface area contributed by atoms with Crippen LogP contribution in [0.1, 0.15) is 153 Å². The van der Waals surface area contributed by atoms with Crippen molar-refractivity contribution >= 4 is 58.0 Å². The van der Waals surface area contributed by atoms with Crippen LogP contribution >= 0.6 is 0 Å². The number of hydrogen-bond donors (Lipinski definition) is 2. The molecule has 0 atom stereocenters. The molecule has 13 heteroatoms.